The van der Waals surface area contributed by atoms with E-state index in [9.17, 15) is 43.2 Å². The summed E-state index contributed by atoms with van der Waals surface area (Å²) in [5.41, 5.74) is 0. The number of rotatable bonds is 80. The van der Waals surface area contributed by atoms with Gasteiger partial charge in [-0.25, -0.2) is 9.13 Å². The van der Waals surface area contributed by atoms with Crippen LogP contribution in [-0.4, -0.2) is 96.7 Å². The lowest BCUT2D eigenvalue weighted by Crippen LogP contribution is -2.30. The number of aliphatic hydroxyl groups is 1. The molecule has 0 heterocycles. The normalized spacial score (nSPS) is 14.0. The van der Waals surface area contributed by atoms with Crippen LogP contribution < -0.4 is 0 Å². The highest BCUT2D eigenvalue weighted by Gasteiger charge is 2.30. The van der Waals surface area contributed by atoms with Crippen LogP contribution in [0.1, 0.15) is 428 Å². The van der Waals surface area contributed by atoms with Crippen molar-refractivity contribution in [2.75, 3.05) is 39.6 Å². The third-order valence-electron chi connectivity index (χ3n) is 19.3. The second kappa shape index (κ2) is 72.0. The van der Waals surface area contributed by atoms with Crippen LogP contribution in [0.4, 0.5) is 0 Å². The summed E-state index contributed by atoms with van der Waals surface area (Å²) in [4.78, 5) is 73.1. The van der Waals surface area contributed by atoms with E-state index in [1.807, 2.05) is 0 Å². The number of aliphatic hydroxyl groups excluding tert-OH is 1. The maximum absolute atomic E-state index is 13.1. The molecule has 0 rings (SSSR count). The van der Waals surface area contributed by atoms with E-state index in [2.05, 4.69) is 55.4 Å². The van der Waals surface area contributed by atoms with Crippen LogP contribution in [-0.2, 0) is 65.4 Å². The SMILES string of the molecule is CC(C)CCCCCCCCCCCCCCCCCCC(=O)OC[C@H](COP(=O)(O)OC[C@@H](O)COP(=O)(O)OC[C@@H](COC(=O)CCCCCCCCCCCC(C)C)OC(=O)CCCCCCCCCCCC(C)C)OC(=O)CCCCCCCCCCCCCCCCCCC(C)C. The lowest BCUT2D eigenvalue weighted by molar-refractivity contribution is -0.161. The molecule has 0 spiro atoms. The number of hydrogen-bond acceptors (Lipinski definition) is 15. The number of esters is 4. The van der Waals surface area contributed by atoms with Gasteiger partial charge in [0.05, 0.1) is 26.4 Å². The Morgan fingerprint density at radius 2 is 0.412 bits per heavy atom. The zero-order valence-electron chi connectivity index (χ0n) is 67.2. The molecule has 0 bridgehead atoms. The minimum atomic E-state index is -4.96. The van der Waals surface area contributed by atoms with E-state index >= 15 is 0 Å². The summed E-state index contributed by atoms with van der Waals surface area (Å²) in [6.07, 6.45) is 59.7. The number of hydrogen-bond donors (Lipinski definition) is 3. The summed E-state index contributed by atoms with van der Waals surface area (Å²) in [5, 5.41) is 10.7. The average Bonchev–Trinajstić information content (AvgIpc) is 0.930. The lowest BCUT2D eigenvalue weighted by atomic mass is 10.0. The molecule has 0 aliphatic rings. The van der Waals surface area contributed by atoms with E-state index in [1.54, 1.807) is 0 Å². The van der Waals surface area contributed by atoms with Crippen molar-refractivity contribution in [2.24, 2.45) is 23.7 Å². The maximum Gasteiger partial charge on any atom is 0.472 e. The summed E-state index contributed by atoms with van der Waals surface area (Å²) < 4.78 is 68.8. The number of phosphoric acid groups is 2. The quantitative estimate of drug-likeness (QED) is 0.0222. The predicted octanol–water partition coefficient (Wildman–Crippen LogP) is 24.8. The largest absolute Gasteiger partial charge is 0.472 e. The lowest BCUT2D eigenvalue weighted by Gasteiger charge is -2.21. The van der Waals surface area contributed by atoms with E-state index in [0.29, 0.717) is 25.7 Å². The highest BCUT2D eigenvalue weighted by molar-refractivity contribution is 7.47. The fraction of sp³-hybridized carbons (Fsp3) is 0.952. The van der Waals surface area contributed by atoms with Crippen molar-refractivity contribution in [3.05, 3.63) is 0 Å². The first kappa shape index (κ1) is 100. The molecule has 0 fully saturated rings. The smallest absolute Gasteiger partial charge is 0.462 e. The second-order valence-corrected chi connectivity index (χ2v) is 34.7. The van der Waals surface area contributed by atoms with E-state index in [1.165, 1.54) is 231 Å². The summed E-state index contributed by atoms with van der Waals surface area (Å²) in [6.45, 7) is 14.3. The molecule has 2 unspecified atom stereocenters. The van der Waals surface area contributed by atoms with E-state index < -0.39 is 97.5 Å². The number of ether oxygens (including phenoxy) is 4. The van der Waals surface area contributed by atoms with Gasteiger partial charge in [0.2, 0.25) is 0 Å². The van der Waals surface area contributed by atoms with Crippen LogP contribution >= 0.6 is 15.6 Å². The molecule has 606 valence electrons. The fourth-order valence-corrected chi connectivity index (χ4v) is 14.4. The summed E-state index contributed by atoms with van der Waals surface area (Å²) >= 11 is 0. The van der Waals surface area contributed by atoms with Gasteiger partial charge in [-0.3, -0.25) is 37.3 Å². The van der Waals surface area contributed by atoms with Gasteiger partial charge >= 0.3 is 39.5 Å². The Bertz CT molecular complexity index is 1990. The fourth-order valence-electron chi connectivity index (χ4n) is 12.8. The third-order valence-corrected chi connectivity index (χ3v) is 21.2. The van der Waals surface area contributed by atoms with Crippen molar-refractivity contribution < 1.29 is 80.2 Å². The van der Waals surface area contributed by atoms with Gasteiger partial charge in [-0.05, 0) is 49.4 Å². The third kappa shape index (κ3) is 76.3. The van der Waals surface area contributed by atoms with Crippen LogP contribution in [0.3, 0.4) is 0 Å². The number of carbonyl (C=O) groups is 4. The molecule has 5 atom stereocenters. The maximum atomic E-state index is 13.1. The number of unbranched alkanes of at least 4 members (excludes halogenated alkanes) is 46. The first-order chi connectivity index (χ1) is 49.1. The predicted molar refractivity (Wildman–Crippen MR) is 418 cm³/mol. The molecule has 0 amide bonds. The molecule has 3 N–H and O–H groups in total. The molecule has 0 aromatic heterocycles. The Labute approximate surface area is 626 Å². The van der Waals surface area contributed by atoms with Gasteiger partial charge in [0.25, 0.3) is 0 Å². The topological polar surface area (TPSA) is 237 Å². The molecule has 17 nitrogen and oxygen atoms in total. The minimum absolute atomic E-state index is 0.105. The number of carbonyl (C=O) groups excluding carboxylic acids is 4. The summed E-state index contributed by atoms with van der Waals surface area (Å²) in [6, 6.07) is 0. The minimum Gasteiger partial charge on any atom is -0.462 e. The Hall–Kier alpha value is -1.94. The van der Waals surface area contributed by atoms with Crippen molar-refractivity contribution in [1.82, 2.24) is 0 Å². The molecule has 0 radical (unpaired) electrons. The van der Waals surface area contributed by atoms with E-state index in [4.69, 9.17) is 37.0 Å². The van der Waals surface area contributed by atoms with Gasteiger partial charge in [0, 0.05) is 25.7 Å². The van der Waals surface area contributed by atoms with Crippen molar-refractivity contribution >= 4 is 39.5 Å². The highest BCUT2D eigenvalue weighted by atomic mass is 31.2. The van der Waals surface area contributed by atoms with Gasteiger partial charge in [-0.15, -0.1) is 0 Å². The monoisotopic (exact) mass is 1490 g/mol. The molecule has 19 heteroatoms. The highest BCUT2D eigenvalue weighted by Crippen LogP contribution is 2.45. The van der Waals surface area contributed by atoms with Gasteiger partial charge in [-0.2, -0.15) is 0 Å². The second-order valence-electron chi connectivity index (χ2n) is 31.8. The van der Waals surface area contributed by atoms with Crippen LogP contribution in [0.25, 0.3) is 0 Å². The van der Waals surface area contributed by atoms with Gasteiger partial charge in [0.1, 0.15) is 19.3 Å². The van der Waals surface area contributed by atoms with Crippen molar-refractivity contribution in [2.45, 2.75) is 446 Å². The van der Waals surface area contributed by atoms with E-state index in [0.717, 1.165) is 114 Å². The molecule has 0 aliphatic carbocycles. The molecule has 0 aromatic carbocycles. The van der Waals surface area contributed by atoms with Crippen molar-refractivity contribution in [3.63, 3.8) is 0 Å². The Kier molecular flexibility index (Phi) is 70.6. The Balaban J connectivity index is 5.24. The van der Waals surface area contributed by atoms with Crippen LogP contribution in [0.5, 0.6) is 0 Å². The first-order valence-corrected chi connectivity index (χ1v) is 45.7. The standard InChI is InChI=1S/C83H162O17P2/c1-73(2)59-51-43-35-27-21-17-13-9-11-15-19-23-31-39-47-55-63-80(85)93-69-78(99-82(87)65-57-49-41-32-24-20-16-12-10-14-18-22-28-36-44-52-60-74(3)4)71-97-101(89,90)95-67-77(84)68-96-102(91,92)98-72-79(100-83(88)66-58-50-42-34-26-30-38-46-54-62-76(7)8)70-94-81(86)64-56-48-40-33-25-29-37-45-53-61-75(5)6/h73-79,84H,9-72H2,1-8H3,(H,89,90)(H,91,92)/t77-,78-,79-/m1/s1. The summed E-state index contributed by atoms with van der Waals surface area (Å²) in [7, 11) is -9.92. The zero-order valence-corrected chi connectivity index (χ0v) is 69.0. The number of phosphoric ester groups is 2. The van der Waals surface area contributed by atoms with Crippen LogP contribution in [0.2, 0.25) is 0 Å². The molecule has 0 aromatic rings. The van der Waals surface area contributed by atoms with Gasteiger partial charge in [-0.1, -0.05) is 376 Å². The molecule has 0 aliphatic heterocycles. The Morgan fingerprint density at radius 3 is 0.608 bits per heavy atom. The van der Waals surface area contributed by atoms with Crippen molar-refractivity contribution in [3.8, 4) is 0 Å². The van der Waals surface area contributed by atoms with Crippen LogP contribution in [0, 0.1) is 23.7 Å². The van der Waals surface area contributed by atoms with Crippen molar-refractivity contribution in [1.29, 1.82) is 0 Å². The summed E-state index contributed by atoms with van der Waals surface area (Å²) in [5.74, 6) is 0.990. The average molecular weight is 1490 g/mol. The van der Waals surface area contributed by atoms with E-state index in [-0.39, 0.29) is 25.7 Å². The molecule has 0 saturated carbocycles. The molecular formula is C83H162O17P2. The molecule has 0 saturated heterocycles. The molecular weight excluding hydrogens is 1330 g/mol. The molecule has 102 heavy (non-hydrogen) atoms. The first-order valence-electron chi connectivity index (χ1n) is 42.7. The van der Waals surface area contributed by atoms with Gasteiger partial charge in [0.15, 0.2) is 12.2 Å². The Morgan fingerprint density at radius 1 is 0.245 bits per heavy atom. The zero-order chi connectivity index (χ0) is 75.3. The van der Waals surface area contributed by atoms with Gasteiger partial charge < -0.3 is 33.8 Å². The van der Waals surface area contributed by atoms with Crippen LogP contribution in [0.15, 0.2) is 0 Å².